The van der Waals surface area contributed by atoms with Gasteiger partial charge in [0, 0.05) is 13.1 Å². The highest BCUT2D eigenvalue weighted by atomic mass is 19.1. The van der Waals surface area contributed by atoms with Gasteiger partial charge in [-0.05, 0) is 36.6 Å². The number of carbonyl (C=O) groups is 1. The maximum Gasteiger partial charge on any atom is 0.276 e. The van der Waals surface area contributed by atoms with Crippen LogP contribution in [0.1, 0.15) is 22.5 Å². The molecular formula is C15H18FN5O. The average molecular weight is 303 g/mol. The minimum absolute atomic E-state index is 0.124. The minimum atomic E-state index is -0.293. The zero-order valence-corrected chi connectivity index (χ0v) is 12.2. The molecule has 1 saturated heterocycles. The van der Waals surface area contributed by atoms with Crippen molar-refractivity contribution < 1.29 is 9.18 Å². The summed E-state index contributed by atoms with van der Waals surface area (Å²) >= 11 is 0. The largest absolute Gasteiger partial charge is 0.337 e. The molecule has 1 aliphatic heterocycles. The lowest BCUT2D eigenvalue weighted by Crippen LogP contribution is -2.30. The number of amides is 1. The van der Waals surface area contributed by atoms with E-state index in [4.69, 9.17) is 5.73 Å². The number of benzene rings is 1. The van der Waals surface area contributed by atoms with Gasteiger partial charge < -0.3 is 10.6 Å². The number of aromatic nitrogens is 3. The Morgan fingerprint density at radius 1 is 1.45 bits per heavy atom. The first-order valence-corrected chi connectivity index (χ1v) is 7.29. The van der Waals surface area contributed by atoms with Crippen molar-refractivity contribution in [2.24, 2.45) is 11.7 Å². The summed E-state index contributed by atoms with van der Waals surface area (Å²) in [7, 11) is 0. The van der Waals surface area contributed by atoms with Crippen molar-refractivity contribution >= 4 is 5.91 Å². The summed E-state index contributed by atoms with van der Waals surface area (Å²) in [6.45, 7) is 2.35. The monoisotopic (exact) mass is 303 g/mol. The van der Waals surface area contributed by atoms with Crippen LogP contribution in [0.4, 0.5) is 4.39 Å². The third-order valence-corrected chi connectivity index (χ3v) is 3.90. The van der Waals surface area contributed by atoms with Gasteiger partial charge in [0.15, 0.2) is 5.69 Å². The van der Waals surface area contributed by atoms with Crippen LogP contribution in [0, 0.1) is 11.7 Å². The second-order valence-electron chi connectivity index (χ2n) is 5.57. The van der Waals surface area contributed by atoms with Gasteiger partial charge in [-0.25, -0.2) is 9.07 Å². The summed E-state index contributed by atoms with van der Waals surface area (Å²) in [5, 5.41) is 7.87. The van der Waals surface area contributed by atoms with Crippen LogP contribution in [0.25, 0.3) is 0 Å². The normalized spacial score (nSPS) is 17.9. The number of likely N-dealkylation sites (tertiary alicyclic amines) is 1. The van der Waals surface area contributed by atoms with E-state index >= 15 is 0 Å². The van der Waals surface area contributed by atoms with E-state index < -0.39 is 0 Å². The third kappa shape index (κ3) is 3.14. The minimum Gasteiger partial charge on any atom is -0.337 e. The molecule has 1 unspecified atom stereocenters. The highest BCUT2D eigenvalue weighted by molar-refractivity contribution is 5.92. The lowest BCUT2D eigenvalue weighted by Gasteiger charge is -2.13. The Kier molecular flexibility index (Phi) is 4.15. The SMILES string of the molecule is NCC1CCN(C(=O)c2cn(Cc3cccc(F)c3)nn2)C1. The maximum atomic E-state index is 13.2. The van der Waals surface area contributed by atoms with Crippen LogP contribution in [0.15, 0.2) is 30.5 Å². The van der Waals surface area contributed by atoms with Gasteiger partial charge in [-0.3, -0.25) is 4.79 Å². The standard InChI is InChI=1S/C15H18FN5O/c16-13-3-1-2-11(6-13)9-21-10-14(18-19-21)15(22)20-5-4-12(7-17)8-20/h1-3,6,10,12H,4-5,7-9,17H2. The molecule has 1 aromatic carbocycles. The highest BCUT2D eigenvalue weighted by Crippen LogP contribution is 2.17. The van der Waals surface area contributed by atoms with Gasteiger partial charge in [0.25, 0.3) is 5.91 Å². The molecule has 1 fully saturated rings. The zero-order chi connectivity index (χ0) is 15.5. The summed E-state index contributed by atoms with van der Waals surface area (Å²) in [5.41, 5.74) is 6.72. The summed E-state index contributed by atoms with van der Waals surface area (Å²) in [6, 6.07) is 6.28. The smallest absolute Gasteiger partial charge is 0.276 e. The van der Waals surface area contributed by atoms with Crippen molar-refractivity contribution in [2.75, 3.05) is 19.6 Å². The summed E-state index contributed by atoms with van der Waals surface area (Å²) in [6.07, 6.45) is 2.53. The van der Waals surface area contributed by atoms with E-state index in [1.807, 2.05) is 0 Å². The molecular weight excluding hydrogens is 285 g/mol. The predicted molar refractivity (Wildman–Crippen MR) is 78.6 cm³/mol. The molecule has 116 valence electrons. The topological polar surface area (TPSA) is 77.0 Å². The Balaban J connectivity index is 1.67. The first-order chi connectivity index (χ1) is 10.7. The summed E-state index contributed by atoms with van der Waals surface area (Å²) < 4.78 is 14.7. The summed E-state index contributed by atoms with van der Waals surface area (Å²) in [4.78, 5) is 14.1. The lowest BCUT2D eigenvalue weighted by atomic mass is 10.1. The van der Waals surface area contributed by atoms with Crippen LogP contribution in [-0.2, 0) is 6.54 Å². The molecule has 1 aromatic heterocycles. The molecule has 0 spiro atoms. The molecule has 7 heteroatoms. The van der Waals surface area contributed by atoms with E-state index in [2.05, 4.69) is 10.3 Å². The van der Waals surface area contributed by atoms with Crippen LogP contribution in [0.2, 0.25) is 0 Å². The van der Waals surface area contributed by atoms with Crippen LogP contribution in [0.3, 0.4) is 0 Å². The van der Waals surface area contributed by atoms with Crippen LogP contribution in [-0.4, -0.2) is 45.4 Å². The molecule has 2 heterocycles. The molecule has 0 bridgehead atoms. The van der Waals surface area contributed by atoms with Gasteiger partial charge in [0.1, 0.15) is 5.82 Å². The van der Waals surface area contributed by atoms with Crippen molar-refractivity contribution in [3.63, 3.8) is 0 Å². The van der Waals surface area contributed by atoms with Gasteiger partial charge >= 0.3 is 0 Å². The molecule has 22 heavy (non-hydrogen) atoms. The molecule has 2 N–H and O–H groups in total. The number of hydrogen-bond acceptors (Lipinski definition) is 4. The van der Waals surface area contributed by atoms with Gasteiger partial charge in [0.05, 0.1) is 12.7 Å². The van der Waals surface area contributed by atoms with E-state index in [1.54, 1.807) is 27.9 Å². The highest BCUT2D eigenvalue weighted by Gasteiger charge is 2.27. The van der Waals surface area contributed by atoms with Crippen molar-refractivity contribution in [1.82, 2.24) is 19.9 Å². The molecule has 1 amide bonds. The van der Waals surface area contributed by atoms with E-state index in [-0.39, 0.29) is 11.7 Å². The van der Waals surface area contributed by atoms with Crippen LogP contribution < -0.4 is 5.73 Å². The van der Waals surface area contributed by atoms with Crippen LogP contribution in [0.5, 0.6) is 0 Å². The summed E-state index contributed by atoms with van der Waals surface area (Å²) in [5.74, 6) is -0.0495. The second-order valence-corrected chi connectivity index (χ2v) is 5.57. The molecule has 0 aliphatic carbocycles. The first-order valence-electron chi connectivity index (χ1n) is 7.29. The zero-order valence-electron chi connectivity index (χ0n) is 12.2. The molecule has 2 aromatic rings. The molecule has 6 nitrogen and oxygen atoms in total. The van der Waals surface area contributed by atoms with Crippen molar-refractivity contribution in [3.05, 3.63) is 47.5 Å². The Labute approximate surface area is 127 Å². The molecule has 1 aliphatic rings. The van der Waals surface area contributed by atoms with Gasteiger partial charge in [0.2, 0.25) is 0 Å². The molecule has 0 saturated carbocycles. The number of hydrogen-bond donors (Lipinski definition) is 1. The predicted octanol–water partition coefficient (Wildman–Crippen LogP) is 0.886. The van der Waals surface area contributed by atoms with Gasteiger partial charge in [-0.1, -0.05) is 17.3 Å². The third-order valence-electron chi connectivity index (χ3n) is 3.90. The van der Waals surface area contributed by atoms with E-state index in [9.17, 15) is 9.18 Å². The van der Waals surface area contributed by atoms with Crippen molar-refractivity contribution in [1.29, 1.82) is 0 Å². The first kappa shape index (κ1) is 14.6. The number of halogens is 1. The van der Waals surface area contributed by atoms with Gasteiger partial charge in [-0.2, -0.15) is 0 Å². The van der Waals surface area contributed by atoms with Crippen molar-refractivity contribution in [3.8, 4) is 0 Å². The van der Waals surface area contributed by atoms with Gasteiger partial charge in [-0.15, -0.1) is 5.10 Å². The maximum absolute atomic E-state index is 13.2. The van der Waals surface area contributed by atoms with E-state index in [0.29, 0.717) is 37.8 Å². The number of carbonyl (C=O) groups excluding carboxylic acids is 1. The van der Waals surface area contributed by atoms with Crippen LogP contribution >= 0.6 is 0 Å². The van der Waals surface area contributed by atoms with E-state index in [0.717, 1.165) is 12.0 Å². The van der Waals surface area contributed by atoms with E-state index in [1.165, 1.54) is 12.1 Å². The number of nitrogens with zero attached hydrogens (tertiary/aromatic N) is 4. The molecule has 3 rings (SSSR count). The molecule has 1 atom stereocenters. The Bertz CT molecular complexity index is 671. The fourth-order valence-electron chi connectivity index (χ4n) is 2.67. The second kappa shape index (κ2) is 6.23. The number of nitrogens with two attached hydrogens (primary N) is 1. The fourth-order valence-corrected chi connectivity index (χ4v) is 2.67. The fraction of sp³-hybridized carbons (Fsp3) is 0.400. The Morgan fingerprint density at radius 3 is 3.05 bits per heavy atom. The number of rotatable bonds is 4. The quantitative estimate of drug-likeness (QED) is 0.910. The Morgan fingerprint density at radius 2 is 2.32 bits per heavy atom. The Hall–Kier alpha value is -2.28. The molecule has 0 radical (unpaired) electrons. The van der Waals surface area contributed by atoms with Crippen molar-refractivity contribution in [2.45, 2.75) is 13.0 Å². The lowest BCUT2D eigenvalue weighted by molar-refractivity contribution is 0.0781. The average Bonchev–Trinajstić information content (AvgIpc) is 3.15.